The molecule has 1 unspecified atom stereocenters. The first-order chi connectivity index (χ1) is 13.7. The molecule has 29 heavy (non-hydrogen) atoms. The average Bonchev–Trinajstić information content (AvgIpc) is 3.25. The SMILES string of the molecule is COc1cc(NC2=CN(C(F)(F)F)C[NH+]3C=C(C)N=C23)ccc1-c1cnc(C)o1. The number of quaternary nitrogens is 1. The van der Waals surface area contributed by atoms with E-state index in [0.717, 1.165) is 6.20 Å². The van der Waals surface area contributed by atoms with Gasteiger partial charge in [0.25, 0.3) is 5.84 Å². The van der Waals surface area contributed by atoms with Gasteiger partial charge in [0.05, 0.1) is 24.6 Å². The average molecular weight is 406 g/mol. The lowest BCUT2D eigenvalue weighted by Crippen LogP contribution is -3.12. The third-order valence-electron chi connectivity index (χ3n) is 4.55. The van der Waals surface area contributed by atoms with Crippen LogP contribution in [-0.4, -0.2) is 35.8 Å². The number of halogens is 3. The highest BCUT2D eigenvalue weighted by Gasteiger charge is 2.43. The number of aromatic nitrogens is 1. The molecule has 7 nitrogen and oxygen atoms in total. The highest BCUT2D eigenvalue weighted by molar-refractivity contribution is 5.96. The van der Waals surface area contributed by atoms with Crippen molar-refractivity contribution in [3.05, 3.63) is 54.1 Å². The lowest BCUT2D eigenvalue weighted by atomic mass is 10.1. The largest absolute Gasteiger partial charge is 0.496 e. The molecule has 1 aromatic heterocycles. The van der Waals surface area contributed by atoms with Gasteiger partial charge in [-0.2, -0.15) is 4.99 Å². The molecule has 10 heteroatoms. The lowest BCUT2D eigenvalue weighted by Gasteiger charge is -2.30. The summed E-state index contributed by atoms with van der Waals surface area (Å²) in [5.74, 6) is 2.08. The number of aryl methyl sites for hydroxylation is 1. The summed E-state index contributed by atoms with van der Waals surface area (Å²) >= 11 is 0. The maximum Gasteiger partial charge on any atom is 0.488 e. The number of benzene rings is 1. The van der Waals surface area contributed by atoms with Gasteiger partial charge in [-0.3, -0.25) is 0 Å². The van der Waals surface area contributed by atoms with Gasteiger partial charge in [0.15, 0.2) is 18.3 Å². The standard InChI is InChI=1S/C19H18F3N5O2/c1-11-8-26-10-27(19(20,21)22)9-15(18(26)24-11)25-13-4-5-14(16(6-13)28-3)17-7-23-12(2)29-17/h4-9,25H,10H2,1-3H3/p+1. The Morgan fingerprint density at radius 2 is 2.07 bits per heavy atom. The number of rotatable bonds is 4. The molecular formula is C19H19F3N5O2+. The van der Waals surface area contributed by atoms with Gasteiger partial charge in [0.2, 0.25) is 0 Å². The molecule has 2 aliphatic heterocycles. The maximum absolute atomic E-state index is 13.3. The zero-order chi connectivity index (χ0) is 20.8. The fraction of sp³-hybridized carbons (Fsp3) is 0.263. The number of allylic oxidation sites excluding steroid dienone is 1. The van der Waals surface area contributed by atoms with Crippen molar-refractivity contribution >= 4 is 11.5 Å². The number of ether oxygens (including phenoxy) is 1. The van der Waals surface area contributed by atoms with Crippen molar-refractivity contribution in [1.82, 2.24) is 9.88 Å². The van der Waals surface area contributed by atoms with Crippen LogP contribution >= 0.6 is 0 Å². The third-order valence-corrected chi connectivity index (χ3v) is 4.55. The monoisotopic (exact) mass is 406 g/mol. The number of nitrogens with one attached hydrogen (secondary N) is 2. The van der Waals surface area contributed by atoms with Gasteiger partial charge in [0.1, 0.15) is 17.6 Å². The molecule has 0 aliphatic carbocycles. The molecule has 0 bridgehead atoms. The molecule has 1 atom stereocenters. The minimum Gasteiger partial charge on any atom is -0.496 e. The van der Waals surface area contributed by atoms with Crippen LogP contribution in [0.5, 0.6) is 5.75 Å². The summed E-state index contributed by atoms with van der Waals surface area (Å²) < 4.78 is 50.9. The van der Waals surface area contributed by atoms with E-state index >= 15 is 0 Å². The molecule has 2 N–H and O–H groups in total. The van der Waals surface area contributed by atoms with E-state index in [4.69, 9.17) is 9.15 Å². The fourth-order valence-corrected chi connectivity index (χ4v) is 3.27. The number of anilines is 1. The molecule has 0 saturated carbocycles. The molecule has 4 rings (SSSR count). The number of methoxy groups -OCH3 is 1. The number of hydrogen-bond donors (Lipinski definition) is 2. The van der Waals surface area contributed by atoms with Crippen molar-refractivity contribution in [2.75, 3.05) is 19.1 Å². The molecule has 152 valence electrons. The molecule has 1 aromatic carbocycles. The first kappa shape index (κ1) is 19.1. The third kappa shape index (κ3) is 3.70. The topological polar surface area (TPSA) is 67.3 Å². The molecule has 0 spiro atoms. The van der Waals surface area contributed by atoms with E-state index in [0.29, 0.717) is 50.0 Å². The van der Waals surface area contributed by atoms with Crippen molar-refractivity contribution < 1.29 is 27.2 Å². The first-order valence-corrected chi connectivity index (χ1v) is 8.81. The predicted molar refractivity (Wildman–Crippen MR) is 99.8 cm³/mol. The number of nitrogens with zero attached hydrogens (tertiary/aromatic N) is 3. The van der Waals surface area contributed by atoms with Crippen molar-refractivity contribution in [3.8, 4) is 17.1 Å². The van der Waals surface area contributed by atoms with Crippen molar-refractivity contribution in [3.63, 3.8) is 0 Å². The van der Waals surface area contributed by atoms with Crippen LogP contribution in [-0.2, 0) is 0 Å². The van der Waals surface area contributed by atoms with Crippen molar-refractivity contribution in [2.45, 2.75) is 20.1 Å². The molecule has 3 heterocycles. The molecule has 0 amide bonds. The van der Waals surface area contributed by atoms with Crippen LogP contribution < -0.4 is 15.0 Å². The summed E-state index contributed by atoms with van der Waals surface area (Å²) in [6, 6.07) is 5.19. The molecule has 2 aliphatic rings. The van der Waals surface area contributed by atoms with Gasteiger partial charge < -0.3 is 14.5 Å². The Bertz CT molecular complexity index is 1040. The second kappa shape index (κ2) is 6.96. The van der Waals surface area contributed by atoms with E-state index < -0.39 is 6.30 Å². The summed E-state index contributed by atoms with van der Waals surface area (Å²) in [7, 11) is 1.51. The van der Waals surface area contributed by atoms with E-state index in [1.807, 2.05) is 0 Å². The lowest BCUT2D eigenvalue weighted by molar-refractivity contribution is -0.764. The summed E-state index contributed by atoms with van der Waals surface area (Å²) in [5.41, 5.74) is 2.18. The van der Waals surface area contributed by atoms with E-state index in [1.54, 1.807) is 44.4 Å². The van der Waals surface area contributed by atoms with Crippen molar-refractivity contribution in [2.24, 2.45) is 4.99 Å². The quantitative estimate of drug-likeness (QED) is 0.765. The normalized spacial score (nSPS) is 18.8. The Morgan fingerprint density at radius 1 is 1.28 bits per heavy atom. The van der Waals surface area contributed by atoms with Gasteiger partial charge in [-0.25, -0.2) is 14.8 Å². The highest BCUT2D eigenvalue weighted by Crippen LogP contribution is 2.33. The van der Waals surface area contributed by atoms with Gasteiger partial charge in [-0.15, -0.1) is 13.2 Å². The Labute approximate surface area is 164 Å². The van der Waals surface area contributed by atoms with E-state index in [9.17, 15) is 13.2 Å². The first-order valence-electron chi connectivity index (χ1n) is 8.81. The van der Waals surface area contributed by atoms with Crippen LogP contribution in [0, 0.1) is 6.92 Å². The maximum atomic E-state index is 13.3. The summed E-state index contributed by atoms with van der Waals surface area (Å²) in [5, 5.41) is 3.04. The van der Waals surface area contributed by atoms with E-state index in [1.165, 1.54) is 7.11 Å². The van der Waals surface area contributed by atoms with Crippen LogP contribution in [0.2, 0.25) is 0 Å². The molecule has 0 fully saturated rings. The smallest absolute Gasteiger partial charge is 0.488 e. The Kier molecular flexibility index (Phi) is 4.58. The van der Waals surface area contributed by atoms with Gasteiger partial charge in [0, 0.05) is 24.9 Å². The molecule has 0 saturated heterocycles. The van der Waals surface area contributed by atoms with E-state index in [2.05, 4.69) is 15.3 Å². The Morgan fingerprint density at radius 3 is 2.72 bits per heavy atom. The van der Waals surface area contributed by atoms with Gasteiger partial charge in [-0.05, 0) is 19.1 Å². The number of hydrogen-bond acceptors (Lipinski definition) is 6. The van der Waals surface area contributed by atoms with Gasteiger partial charge >= 0.3 is 6.30 Å². The highest BCUT2D eigenvalue weighted by atomic mass is 19.4. The van der Waals surface area contributed by atoms with Gasteiger partial charge in [-0.1, -0.05) is 0 Å². The van der Waals surface area contributed by atoms with E-state index in [-0.39, 0.29) is 12.4 Å². The summed E-state index contributed by atoms with van der Waals surface area (Å²) in [6.45, 7) is 3.23. The van der Waals surface area contributed by atoms with Crippen LogP contribution in [0.4, 0.5) is 18.9 Å². The summed E-state index contributed by atoms with van der Waals surface area (Å²) in [6.07, 6.45) is -0.191. The fourth-order valence-electron chi connectivity index (χ4n) is 3.27. The van der Waals surface area contributed by atoms with Crippen LogP contribution in [0.1, 0.15) is 12.8 Å². The molecule has 0 radical (unpaired) electrons. The Balaban J connectivity index is 1.67. The Hall–Kier alpha value is -3.27. The van der Waals surface area contributed by atoms with Crippen molar-refractivity contribution in [1.29, 1.82) is 0 Å². The van der Waals surface area contributed by atoms with Crippen LogP contribution in [0.25, 0.3) is 11.3 Å². The molecular weight excluding hydrogens is 387 g/mol. The zero-order valence-electron chi connectivity index (χ0n) is 16.0. The predicted octanol–water partition coefficient (Wildman–Crippen LogP) is 2.86. The second-order valence-electron chi connectivity index (χ2n) is 6.69. The minimum atomic E-state index is -4.48. The number of oxazole rings is 1. The van der Waals surface area contributed by atoms with Crippen LogP contribution in [0.15, 0.2) is 57.6 Å². The second-order valence-corrected chi connectivity index (χ2v) is 6.69. The van der Waals surface area contributed by atoms with Crippen LogP contribution in [0.3, 0.4) is 0 Å². The zero-order valence-corrected chi connectivity index (χ0v) is 16.0. The summed E-state index contributed by atoms with van der Waals surface area (Å²) in [4.78, 5) is 9.31. The minimum absolute atomic E-state index is 0.266. The number of aliphatic imine (C=N–C) groups is 1. The molecule has 2 aromatic rings. The number of amidine groups is 1. The number of fused-ring (bicyclic) bond motifs is 1. The number of alkyl halides is 3.